The summed E-state index contributed by atoms with van der Waals surface area (Å²) in [4.78, 5) is 25.0. The third-order valence-electron chi connectivity index (χ3n) is 29.1. The summed E-state index contributed by atoms with van der Waals surface area (Å²) in [5.74, 6) is 0.275. The van der Waals surface area contributed by atoms with Crippen LogP contribution in [0.15, 0.2) is 253 Å². The molecule has 0 bridgehead atoms. The van der Waals surface area contributed by atoms with Gasteiger partial charge in [-0.2, -0.15) is 0 Å². The van der Waals surface area contributed by atoms with Gasteiger partial charge in [0.05, 0.1) is 68.1 Å². The minimum Gasteiger partial charge on any atom is -0.421 e. The van der Waals surface area contributed by atoms with Crippen LogP contribution in [0, 0.1) is 145 Å². The second-order valence-corrected chi connectivity index (χ2v) is 46.2. The van der Waals surface area contributed by atoms with Crippen molar-refractivity contribution in [2.24, 2.45) is 10.2 Å². The van der Waals surface area contributed by atoms with Crippen molar-refractivity contribution in [3.05, 3.63) is 421 Å². The molecular weight excluding hydrogens is 1750 g/mol. The highest BCUT2D eigenvalue weighted by atomic mass is 16.5. The first kappa shape index (κ1) is 103. The van der Waals surface area contributed by atoms with Crippen LogP contribution in [0.4, 0.5) is 96.7 Å². The van der Waals surface area contributed by atoms with E-state index in [0.29, 0.717) is 11.3 Å². The highest BCUT2D eigenvalue weighted by molar-refractivity contribution is 6.04. The summed E-state index contributed by atoms with van der Waals surface area (Å²) in [5, 5.41) is 9.21. The number of hydrogen-bond acceptors (Lipinski definition) is 9. The Balaban J connectivity index is 0.000000129. The zero-order valence-electron chi connectivity index (χ0n) is 92.2. The van der Waals surface area contributed by atoms with E-state index in [-0.39, 0.29) is 27.6 Å². The Labute approximate surface area is 861 Å². The summed E-state index contributed by atoms with van der Waals surface area (Å²) in [6.45, 7) is 72.9. The van der Waals surface area contributed by atoms with Crippen molar-refractivity contribution in [3.8, 4) is 5.75 Å². The van der Waals surface area contributed by atoms with Crippen LogP contribution < -0.4 is 29.2 Å². The standard InChI is InChI=1S/C28H33N.C28H31N.C27H29NO2.C26H29N3.C26H29N/c2*1-18-8-12-25-22(14-18)10-11-23-15-19(2)9-13-26(23)29(25)27-20(3)16-24(17-21(27)4)28(5,6)7;1-16-8-10-22-21(12-16)26(29)30-24-13-17(2)9-11-23(24)28(22)25-18(3)14-20(15-19(25)4)27(5,6)7;1-16-8-10-23-21(12-16)27-28-22-13-17(2)9-11-24(22)29(23)25-18(3)14-20(15-19(25)4)26(5,6)7;1-17-9-11-24-22(15-17)7-6-8-23-16-18(2)10-12-25(23)27(24)26-20(4)13-19(3)14-21(26)5/h8-9,12-17H,10-11H2,1-7H3;8-17H,1-7H3;8-15H,1-7H3;8-15H,1-7H3;9-16H,6-8H2,1-5H3. The number of carbonyl (C=O) groups excluding carboxylic acids is 1. The minimum atomic E-state index is -0.315. The Morgan fingerprint density at radius 2 is 0.451 bits per heavy atom. The topological polar surface area (TPSA) is 67.2 Å². The number of fused-ring (bicyclic) bond motifs is 10. The van der Waals surface area contributed by atoms with E-state index in [2.05, 4.69) is 474 Å². The average Bonchev–Trinajstić information content (AvgIpc) is 1.68. The van der Waals surface area contributed by atoms with Crippen molar-refractivity contribution in [2.75, 3.05) is 24.5 Å². The molecule has 0 atom stereocenters. The van der Waals surface area contributed by atoms with Gasteiger partial charge >= 0.3 is 5.97 Å². The van der Waals surface area contributed by atoms with Crippen LogP contribution in [-0.4, -0.2) is 5.97 Å². The molecular formula is C135H151N7O2. The van der Waals surface area contributed by atoms with Crippen LogP contribution in [-0.2, 0) is 47.3 Å². The zero-order valence-corrected chi connectivity index (χ0v) is 92.2. The molecule has 5 heterocycles. The minimum absolute atomic E-state index is 0.0654. The molecule has 15 aromatic rings. The van der Waals surface area contributed by atoms with Crippen LogP contribution >= 0.6 is 0 Å². The molecule has 5 aliphatic heterocycles. The Morgan fingerprint density at radius 1 is 0.222 bits per heavy atom. The molecule has 0 unspecified atom stereocenters. The Morgan fingerprint density at radius 3 is 0.764 bits per heavy atom. The van der Waals surface area contributed by atoms with Crippen molar-refractivity contribution in [1.82, 2.24) is 0 Å². The van der Waals surface area contributed by atoms with Crippen molar-refractivity contribution < 1.29 is 9.53 Å². The van der Waals surface area contributed by atoms with Crippen LogP contribution in [0.1, 0.15) is 272 Å². The predicted octanol–water partition coefficient (Wildman–Crippen LogP) is 38.8. The molecule has 0 spiro atoms. The molecule has 9 heteroatoms. The number of carbonyl (C=O) groups is 1. The normalized spacial score (nSPS) is 13.4. The number of nitrogens with zero attached hydrogens (tertiary/aromatic N) is 7. The van der Waals surface area contributed by atoms with E-state index < -0.39 is 0 Å². The SMILES string of the molecule is Cc1cc(C)c(N2c3ccc(C)cc3CCCc3cc(C)ccc32)c(C)c1.Cc1ccc2c(c1)C=Cc1cc(C)ccc1N2c1c(C)cc(C(C)(C)C)cc1C.Cc1ccc2c(c1)CCc1cc(C)ccc1N2c1c(C)cc(C(C)(C)C)cc1C.Cc1ccc2c(c1)N=Nc1cc(C)ccc1N2c1c(C)cc(C(C)(C)C)cc1C.Cc1ccc2c(c1)OC(=O)c1cc(C)ccc1N2c1c(C)cc(C(C)(C)C)cc1C. The molecule has 0 radical (unpaired) electrons. The summed E-state index contributed by atoms with van der Waals surface area (Å²) in [5.41, 5.74) is 61.1. The van der Waals surface area contributed by atoms with Crippen molar-refractivity contribution in [2.45, 2.75) is 282 Å². The van der Waals surface area contributed by atoms with E-state index in [1.165, 1.54) is 225 Å². The largest absolute Gasteiger partial charge is 0.421 e. The third-order valence-corrected chi connectivity index (χ3v) is 29.1. The van der Waals surface area contributed by atoms with Gasteiger partial charge in [0.2, 0.25) is 0 Å². The number of azo groups is 1. The molecule has 0 aliphatic carbocycles. The molecule has 0 saturated heterocycles. The maximum absolute atomic E-state index is 13.0. The van der Waals surface area contributed by atoms with Gasteiger partial charge in [0.1, 0.15) is 11.4 Å². The molecule has 0 saturated carbocycles. The predicted molar refractivity (Wildman–Crippen MR) is 617 cm³/mol. The van der Waals surface area contributed by atoms with Gasteiger partial charge in [-0.25, -0.2) is 4.79 Å². The van der Waals surface area contributed by atoms with E-state index >= 15 is 0 Å². The summed E-state index contributed by atoms with van der Waals surface area (Å²) in [6, 6.07) is 89.4. The van der Waals surface area contributed by atoms with Gasteiger partial charge in [-0.1, -0.05) is 285 Å². The third kappa shape index (κ3) is 21.7. The first-order valence-corrected chi connectivity index (χ1v) is 51.8. The van der Waals surface area contributed by atoms with Gasteiger partial charge in [-0.3, -0.25) is 0 Å². The molecule has 0 aromatic heterocycles. The van der Waals surface area contributed by atoms with Crippen LogP contribution in [0.5, 0.6) is 5.75 Å². The number of benzene rings is 15. The van der Waals surface area contributed by atoms with Crippen molar-refractivity contribution in [3.63, 3.8) is 0 Å². The molecule has 0 fully saturated rings. The fourth-order valence-corrected chi connectivity index (χ4v) is 21.8. The van der Waals surface area contributed by atoms with Crippen molar-refractivity contribution in [1.29, 1.82) is 0 Å². The first-order chi connectivity index (χ1) is 67.9. The summed E-state index contributed by atoms with van der Waals surface area (Å²) in [6.07, 6.45) is 10.1. The molecule has 5 aliphatic rings. The van der Waals surface area contributed by atoms with E-state index in [0.717, 1.165) is 76.6 Å². The summed E-state index contributed by atoms with van der Waals surface area (Å²) in [7, 11) is 0. The molecule has 0 N–H and O–H groups in total. The quantitative estimate of drug-likeness (QED) is 0.126. The molecule has 9 nitrogen and oxygen atoms in total. The lowest BCUT2D eigenvalue weighted by atomic mass is 9.84. The lowest BCUT2D eigenvalue weighted by Crippen LogP contribution is -2.18. The zero-order chi connectivity index (χ0) is 104. The number of ether oxygens (including phenoxy) is 1. The second-order valence-electron chi connectivity index (χ2n) is 46.2. The second kappa shape index (κ2) is 40.7. The number of anilines is 15. The molecule has 738 valence electrons. The van der Waals surface area contributed by atoms with Crippen LogP contribution in [0.2, 0.25) is 0 Å². The Hall–Kier alpha value is -13.9. The highest BCUT2D eigenvalue weighted by Gasteiger charge is 2.36. The molecule has 144 heavy (non-hydrogen) atoms. The van der Waals surface area contributed by atoms with E-state index in [1.807, 2.05) is 44.2 Å². The Kier molecular flexibility index (Phi) is 29.1. The fraction of sp³-hybridized carbons (Fsp3) is 0.311. The maximum Gasteiger partial charge on any atom is 0.345 e. The average molecular weight is 1900 g/mol. The monoisotopic (exact) mass is 1900 g/mol. The Bertz CT molecular complexity index is 6990. The van der Waals surface area contributed by atoms with Gasteiger partial charge in [-0.15, -0.1) is 10.2 Å². The van der Waals surface area contributed by atoms with Gasteiger partial charge in [-0.05, 0) is 424 Å². The summed E-state index contributed by atoms with van der Waals surface area (Å²) < 4.78 is 5.85. The lowest BCUT2D eigenvalue weighted by Gasteiger charge is -2.34. The number of rotatable bonds is 5. The van der Waals surface area contributed by atoms with Gasteiger partial charge in [0, 0.05) is 22.7 Å². The van der Waals surface area contributed by atoms with Gasteiger partial charge < -0.3 is 29.2 Å². The van der Waals surface area contributed by atoms with Crippen LogP contribution in [0.3, 0.4) is 0 Å². The van der Waals surface area contributed by atoms with Crippen molar-refractivity contribution >= 4 is 115 Å². The molecule has 0 amide bonds. The highest BCUT2D eigenvalue weighted by Crippen LogP contribution is 2.55. The molecule has 20 rings (SSSR count). The van der Waals surface area contributed by atoms with Gasteiger partial charge in [0.15, 0.2) is 5.75 Å². The van der Waals surface area contributed by atoms with Gasteiger partial charge in [0.25, 0.3) is 0 Å². The summed E-state index contributed by atoms with van der Waals surface area (Å²) >= 11 is 0. The van der Waals surface area contributed by atoms with E-state index in [1.54, 1.807) is 0 Å². The smallest absolute Gasteiger partial charge is 0.345 e. The van der Waals surface area contributed by atoms with E-state index in [4.69, 9.17) is 4.74 Å². The number of esters is 1. The lowest BCUT2D eigenvalue weighted by molar-refractivity contribution is 0.0738. The number of aryl methyl sites for hydroxylation is 25. The number of hydrogen-bond donors (Lipinski definition) is 0. The van der Waals surface area contributed by atoms with E-state index in [9.17, 15) is 4.79 Å². The molecule has 15 aromatic carbocycles. The fourth-order valence-electron chi connectivity index (χ4n) is 21.8. The maximum atomic E-state index is 13.0. The first-order valence-electron chi connectivity index (χ1n) is 51.8. The van der Waals surface area contributed by atoms with Crippen LogP contribution in [0.25, 0.3) is 12.2 Å².